The number of allylic oxidation sites excluding steroid dienone is 2. The Labute approximate surface area is 114 Å². The Morgan fingerprint density at radius 3 is 2.33 bits per heavy atom. The zero-order chi connectivity index (χ0) is 13.3. The SMILES string of the molecule is CC/C=C/CCCCC[N+](CC)(CC)CC1CO1. The van der Waals surface area contributed by atoms with Crippen LogP contribution in [0.5, 0.6) is 0 Å². The Balaban J connectivity index is 2.14. The first-order valence-electron chi connectivity index (χ1n) is 7.88. The molecule has 0 spiro atoms. The van der Waals surface area contributed by atoms with E-state index in [9.17, 15) is 0 Å². The third kappa shape index (κ3) is 6.01. The molecule has 0 aromatic rings. The van der Waals surface area contributed by atoms with Gasteiger partial charge in [-0.25, -0.2) is 0 Å². The van der Waals surface area contributed by atoms with Gasteiger partial charge < -0.3 is 9.22 Å². The fraction of sp³-hybridized carbons (Fsp3) is 0.875. The first kappa shape index (κ1) is 15.7. The topological polar surface area (TPSA) is 12.5 Å². The Kier molecular flexibility index (Phi) is 7.60. The molecule has 0 N–H and O–H groups in total. The van der Waals surface area contributed by atoms with Crippen LogP contribution in [0.2, 0.25) is 0 Å². The lowest BCUT2D eigenvalue weighted by Gasteiger charge is -2.36. The van der Waals surface area contributed by atoms with Gasteiger partial charge in [0.25, 0.3) is 0 Å². The third-order valence-electron chi connectivity index (χ3n) is 4.24. The van der Waals surface area contributed by atoms with E-state index in [1.165, 1.54) is 62.8 Å². The van der Waals surface area contributed by atoms with E-state index in [2.05, 4.69) is 32.9 Å². The quantitative estimate of drug-likeness (QED) is 0.237. The molecular formula is C16H32NO+. The van der Waals surface area contributed by atoms with Crippen molar-refractivity contribution in [1.82, 2.24) is 0 Å². The van der Waals surface area contributed by atoms with Gasteiger partial charge in [-0.3, -0.25) is 0 Å². The maximum Gasteiger partial charge on any atom is 0.130 e. The number of nitrogens with zero attached hydrogens (tertiary/aromatic N) is 1. The van der Waals surface area contributed by atoms with Gasteiger partial charge in [-0.2, -0.15) is 0 Å². The van der Waals surface area contributed by atoms with E-state index >= 15 is 0 Å². The minimum Gasteiger partial charge on any atom is -0.367 e. The Bertz CT molecular complexity index is 229. The van der Waals surface area contributed by atoms with Crippen LogP contribution < -0.4 is 0 Å². The van der Waals surface area contributed by atoms with Crippen LogP contribution in [0.1, 0.15) is 52.9 Å². The number of unbranched alkanes of at least 4 members (excludes halogenated alkanes) is 3. The summed E-state index contributed by atoms with van der Waals surface area (Å²) < 4.78 is 6.67. The molecule has 0 aromatic heterocycles. The van der Waals surface area contributed by atoms with E-state index in [0.717, 1.165) is 6.61 Å². The minimum atomic E-state index is 0.567. The lowest BCUT2D eigenvalue weighted by molar-refractivity contribution is -0.925. The lowest BCUT2D eigenvalue weighted by atomic mass is 10.1. The molecule has 0 amide bonds. The highest BCUT2D eigenvalue weighted by atomic mass is 16.6. The minimum absolute atomic E-state index is 0.567. The molecule has 1 heterocycles. The average Bonchev–Trinajstić information content (AvgIpc) is 3.20. The normalized spacial score (nSPS) is 19.6. The molecular weight excluding hydrogens is 222 g/mol. The monoisotopic (exact) mass is 254 g/mol. The van der Waals surface area contributed by atoms with Crippen LogP contribution in [0, 0.1) is 0 Å². The molecule has 1 atom stereocenters. The van der Waals surface area contributed by atoms with E-state index in [4.69, 9.17) is 4.74 Å². The molecule has 0 aromatic carbocycles. The van der Waals surface area contributed by atoms with Gasteiger partial charge in [0, 0.05) is 0 Å². The van der Waals surface area contributed by atoms with Crippen LogP contribution in [-0.4, -0.2) is 43.4 Å². The second-order valence-electron chi connectivity index (χ2n) is 5.56. The number of epoxide rings is 1. The molecule has 1 fully saturated rings. The smallest absolute Gasteiger partial charge is 0.130 e. The van der Waals surface area contributed by atoms with E-state index in [1.807, 2.05) is 0 Å². The van der Waals surface area contributed by atoms with E-state index in [-0.39, 0.29) is 0 Å². The van der Waals surface area contributed by atoms with E-state index < -0.39 is 0 Å². The summed E-state index contributed by atoms with van der Waals surface area (Å²) >= 11 is 0. The molecule has 1 aliphatic heterocycles. The molecule has 106 valence electrons. The standard InChI is InChI=1S/C16H32NO/c1-4-7-8-9-10-11-12-13-17(5-2,6-3)14-16-15-18-16/h7-8,16H,4-6,9-15H2,1-3H3/q+1/b8-7+. The molecule has 1 unspecified atom stereocenters. The fourth-order valence-electron chi connectivity index (χ4n) is 2.67. The van der Waals surface area contributed by atoms with Gasteiger partial charge in [-0.05, 0) is 46.0 Å². The highest BCUT2D eigenvalue weighted by molar-refractivity contribution is 4.79. The summed E-state index contributed by atoms with van der Waals surface area (Å²) in [6.45, 7) is 12.9. The van der Waals surface area contributed by atoms with Crippen molar-refractivity contribution in [3.05, 3.63) is 12.2 Å². The van der Waals surface area contributed by atoms with Gasteiger partial charge in [0.1, 0.15) is 12.6 Å². The highest BCUT2D eigenvalue weighted by Gasteiger charge is 2.34. The molecule has 0 aliphatic carbocycles. The van der Waals surface area contributed by atoms with Crippen LogP contribution in [0.25, 0.3) is 0 Å². The van der Waals surface area contributed by atoms with Gasteiger partial charge in [-0.15, -0.1) is 0 Å². The molecule has 18 heavy (non-hydrogen) atoms. The average molecular weight is 254 g/mol. The zero-order valence-corrected chi connectivity index (χ0v) is 12.7. The van der Waals surface area contributed by atoms with Crippen LogP contribution in [-0.2, 0) is 4.74 Å². The predicted molar refractivity (Wildman–Crippen MR) is 78.7 cm³/mol. The maximum atomic E-state index is 5.41. The molecule has 2 nitrogen and oxygen atoms in total. The second kappa shape index (κ2) is 8.71. The number of hydrogen-bond donors (Lipinski definition) is 0. The van der Waals surface area contributed by atoms with Gasteiger partial charge >= 0.3 is 0 Å². The summed E-state index contributed by atoms with van der Waals surface area (Å²) in [7, 11) is 0. The number of hydrogen-bond acceptors (Lipinski definition) is 1. The summed E-state index contributed by atoms with van der Waals surface area (Å²) in [6.07, 6.45) is 11.7. The number of quaternary nitrogens is 1. The molecule has 0 bridgehead atoms. The molecule has 1 saturated heterocycles. The predicted octanol–water partition coefficient (Wildman–Crippen LogP) is 3.77. The summed E-state index contributed by atoms with van der Waals surface area (Å²) in [5.74, 6) is 0. The Morgan fingerprint density at radius 2 is 1.78 bits per heavy atom. The molecule has 1 aliphatic rings. The zero-order valence-electron chi connectivity index (χ0n) is 12.7. The number of ether oxygens (including phenoxy) is 1. The van der Waals surface area contributed by atoms with E-state index in [0.29, 0.717) is 6.10 Å². The maximum absolute atomic E-state index is 5.41. The Morgan fingerprint density at radius 1 is 1.06 bits per heavy atom. The second-order valence-corrected chi connectivity index (χ2v) is 5.56. The largest absolute Gasteiger partial charge is 0.367 e. The number of likely N-dealkylation sites (N-methyl/N-ethyl adjacent to an activating group) is 1. The summed E-state index contributed by atoms with van der Waals surface area (Å²) in [5.41, 5.74) is 0. The first-order valence-corrected chi connectivity index (χ1v) is 7.88. The molecule has 0 radical (unpaired) electrons. The molecule has 0 saturated carbocycles. The van der Waals surface area contributed by atoms with Crippen LogP contribution >= 0.6 is 0 Å². The molecule has 2 heteroatoms. The third-order valence-corrected chi connectivity index (χ3v) is 4.24. The van der Waals surface area contributed by atoms with Gasteiger partial charge in [0.05, 0.1) is 26.2 Å². The van der Waals surface area contributed by atoms with Gasteiger partial charge in [0.15, 0.2) is 0 Å². The van der Waals surface area contributed by atoms with Crippen molar-refractivity contribution in [3.8, 4) is 0 Å². The fourth-order valence-corrected chi connectivity index (χ4v) is 2.67. The van der Waals surface area contributed by atoms with Crippen LogP contribution in [0.4, 0.5) is 0 Å². The van der Waals surface area contributed by atoms with E-state index in [1.54, 1.807) is 0 Å². The highest BCUT2D eigenvalue weighted by Crippen LogP contribution is 2.19. The van der Waals surface area contributed by atoms with Crippen molar-refractivity contribution in [2.75, 3.05) is 32.8 Å². The van der Waals surface area contributed by atoms with Crippen molar-refractivity contribution in [2.45, 2.75) is 59.0 Å². The van der Waals surface area contributed by atoms with Crippen molar-refractivity contribution in [2.24, 2.45) is 0 Å². The summed E-state index contributed by atoms with van der Waals surface area (Å²) in [4.78, 5) is 0. The summed E-state index contributed by atoms with van der Waals surface area (Å²) in [6, 6.07) is 0. The molecule has 1 rings (SSSR count). The van der Waals surface area contributed by atoms with Crippen molar-refractivity contribution < 1.29 is 9.22 Å². The van der Waals surface area contributed by atoms with Crippen molar-refractivity contribution in [3.63, 3.8) is 0 Å². The van der Waals surface area contributed by atoms with Crippen LogP contribution in [0.15, 0.2) is 12.2 Å². The van der Waals surface area contributed by atoms with Crippen molar-refractivity contribution in [1.29, 1.82) is 0 Å². The first-order chi connectivity index (χ1) is 8.76. The van der Waals surface area contributed by atoms with Crippen LogP contribution in [0.3, 0.4) is 0 Å². The number of rotatable bonds is 11. The lowest BCUT2D eigenvalue weighted by Crippen LogP contribution is -2.50. The summed E-state index contributed by atoms with van der Waals surface area (Å²) in [5, 5.41) is 0. The van der Waals surface area contributed by atoms with Gasteiger partial charge in [0.2, 0.25) is 0 Å². The van der Waals surface area contributed by atoms with Gasteiger partial charge in [-0.1, -0.05) is 19.1 Å². The Hall–Kier alpha value is -0.340. The van der Waals surface area contributed by atoms with Crippen molar-refractivity contribution >= 4 is 0 Å².